The maximum atomic E-state index is 5.47. The summed E-state index contributed by atoms with van der Waals surface area (Å²) in [5, 5.41) is 3.49. The molecule has 0 saturated heterocycles. The fraction of sp³-hybridized carbons (Fsp3) is 0.600. The molecular formula is C15H26N2O. The molecule has 0 amide bonds. The van der Waals surface area contributed by atoms with Gasteiger partial charge in [-0.2, -0.15) is 0 Å². The van der Waals surface area contributed by atoms with Crippen LogP contribution in [0.3, 0.4) is 0 Å². The molecule has 1 N–H and O–H groups in total. The lowest BCUT2D eigenvalue weighted by molar-refractivity contribution is 0.391. The van der Waals surface area contributed by atoms with Gasteiger partial charge in [0.25, 0.3) is 0 Å². The second-order valence-electron chi connectivity index (χ2n) is 5.07. The highest BCUT2D eigenvalue weighted by molar-refractivity contribution is 5.37. The van der Waals surface area contributed by atoms with E-state index in [4.69, 9.17) is 4.74 Å². The first-order chi connectivity index (χ1) is 8.56. The summed E-state index contributed by atoms with van der Waals surface area (Å²) in [4.78, 5) is 2.16. The first kappa shape index (κ1) is 15.0. The van der Waals surface area contributed by atoms with Crippen LogP contribution >= 0.6 is 0 Å². The van der Waals surface area contributed by atoms with Crippen LogP contribution in [0.2, 0.25) is 0 Å². The van der Waals surface area contributed by atoms with Crippen LogP contribution in [-0.2, 0) is 13.1 Å². The third-order valence-corrected chi connectivity index (χ3v) is 3.10. The second-order valence-corrected chi connectivity index (χ2v) is 5.07. The van der Waals surface area contributed by atoms with Gasteiger partial charge in [0.05, 0.1) is 7.11 Å². The van der Waals surface area contributed by atoms with E-state index in [0.29, 0.717) is 6.04 Å². The van der Waals surface area contributed by atoms with Crippen molar-refractivity contribution in [3.63, 3.8) is 0 Å². The predicted octanol–water partition coefficient (Wildman–Crippen LogP) is 2.64. The number of hydrogen-bond donors (Lipinski definition) is 1. The molecule has 0 heterocycles. The average molecular weight is 250 g/mol. The molecule has 3 heteroatoms. The van der Waals surface area contributed by atoms with Crippen LogP contribution in [0.15, 0.2) is 18.2 Å². The second kappa shape index (κ2) is 7.39. The van der Waals surface area contributed by atoms with Gasteiger partial charge in [-0.3, -0.25) is 0 Å². The van der Waals surface area contributed by atoms with Gasteiger partial charge in [-0.1, -0.05) is 19.1 Å². The minimum Gasteiger partial charge on any atom is -0.496 e. The van der Waals surface area contributed by atoms with Crippen LogP contribution in [0.5, 0.6) is 5.75 Å². The molecule has 0 aromatic heterocycles. The van der Waals surface area contributed by atoms with Crippen molar-refractivity contribution in [1.29, 1.82) is 0 Å². The third kappa shape index (κ3) is 4.67. The van der Waals surface area contributed by atoms with E-state index >= 15 is 0 Å². The summed E-state index contributed by atoms with van der Waals surface area (Å²) in [6, 6.07) is 7.01. The van der Waals surface area contributed by atoms with E-state index in [1.807, 2.05) is 0 Å². The van der Waals surface area contributed by atoms with Gasteiger partial charge in [0, 0.05) is 24.7 Å². The lowest BCUT2D eigenvalue weighted by Crippen LogP contribution is -2.24. The molecule has 102 valence electrons. The van der Waals surface area contributed by atoms with Gasteiger partial charge >= 0.3 is 0 Å². The summed E-state index contributed by atoms with van der Waals surface area (Å²) >= 11 is 0. The van der Waals surface area contributed by atoms with Gasteiger partial charge in [0.1, 0.15) is 5.75 Å². The molecule has 0 saturated carbocycles. The summed E-state index contributed by atoms with van der Waals surface area (Å²) < 4.78 is 5.47. The van der Waals surface area contributed by atoms with Crippen LogP contribution in [0.25, 0.3) is 0 Å². The number of methoxy groups -OCH3 is 1. The van der Waals surface area contributed by atoms with E-state index in [0.717, 1.165) is 25.3 Å². The van der Waals surface area contributed by atoms with Gasteiger partial charge in [-0.15, -0.1) is 0 Å². The van der Waals surface area contributed by atoms with Crippen LogP contribution in [-0.4, -0.2) is 32.1 Å². The molecule has 0 aliphatic rings. The number of nitrogens with one attached hydrogen (secondary N) is 1. The average Bonchev–Trinajstić information content (AvgIpc) is 2.35. The molecule has 18 heavy (non-hydrogen) atoms. The molecule has 0 fully saturated rings. The summed E-state index contributed by atoms with van der Waals surface area (Å²) in [6.07, 6.45) is 1.14. The van der Waals surface area contributed by atoms with Crippen LogP contribution in [0.4, 0.5) is 0 Å². The molecule has 0 bridgehead atoms. The van der Waals surface area contributed by atoms with Crippen molar-refractivity contribution in [2.24, 2.45) is 0 Å². The monoisotopic (exact) mass is 250 g/mol. The maximum absolute atomic E-state index is 5.47. The molecule has 1 unspecified atom stereocenters. The summed E-state index contributed by atoms with van der Waals surface area (Å²) in [5.41, 5.74) is 2.50. The number of hydrogen-bond acceptors (Lipinski definition) is 3. The van der Waals surface area contributed by atoms with Gasteiger partial charge in [0.15, 0.2) is 0 Å². The minimum absolute atomic E-state index is 0.538. The van der Waals surface area contributed by atoms with E-state index in [-0.39, 0.29) is 0 Å². The summed E-state index contributed by atoms with van der Waals surface area (Å²) in [6.45, 7) is 6.19. The molecule has 1 aromatic carbocycles. The van der Waals surface area contributed by atoms with Gasteiger partial charge in [-0.25, -0.2) is 0 Å². The SMILES string of the molecule is CCC(C)NCc1ccc(CN(C)C)cc1OC. The zero-order chi connectivity index (χ0) is 13.5. The van der Waals surface area contributed by atoms with Crippen molar-refractivity contribution in [2.45, 2.75) is 39.4 Å². The molecule has 3 nitrogen and oxygen atoms in total. The Balaban J connectivity index is 2.73. The minimum atomic E-state index is 0.538. The molecular weight excluding hydrogens is 224 g/mol. The van der Waals surface area contributed by atoms with Gasteiger partial charge in [-0.05, 0) is 39.1 Å². The standard InChI is InChI=1S/C15H26N2O/c1-6-12(2)16-10-14-8-7-13(11-17(3)4)9-15(14)18-5/h7-9,12,16H,6,10-11H2,1-5H3. The lowest BCUT2D eigenvalue weighted by Gasteiger charge is -2.16. The molecule has 1 atom stereocenters. The highest BCUT2D eigenvalue weighted by atomic mass is 16.5. The topological polar surface area (TPSA) is 24.5 Å². The van der Waals surface area contributed by atoms with Crippen molar-refractivity contribution in [1.82, 2.24) is 10.2 Å². The highest BCUT2D eigenvalue weighted by Gasteiger charge is 2.06. The molecule has 0 aliphatic heterocycles. The van der Waals surface area contributed by atoms with Gasteiger partial charge in [0.2, 0.25) is 0 Å². The van der Waals surface area contributed by atoms with Crippen molar-refractivity contribution in [2.75, 3.05) is 21.2 Å². The normalized spacial score (nSPS) is 12.8. The van der Waals surface area contributed by atoms with E-state index in [1.165, 1.54) is 11.1 Å². The number of ether oxygens (including phenoxy) is 1. The summed E-state index contributed by atoms with van der Waals surface area (Å²) in [5.74, 6) is 0.977. The fourth-order valence-corrected chi connectivity index (χ4v) is 1.83. The lowest BCUT2D eigenvalue weighted by atomic mass is 10.1. The Morgan fingerprint density at radius 2 is 2.06 bits per heavy atom. The number of nitrogens with zero attached hydrogens (tertiary/aromatic N) is 1. The predicted molar refractivity (Wildman–Crippen MR) is 77.0 cm³/mol. The molecule has 1 rings (SSSR count). The maximum Gasteiger partial charge on any atom is 0.123 e. The van der Waals surface area contributed by atoms with Crippen LogP contribution in [0, 0.1) is 0 Å². The smallest absolute Gasteiger partial charge is 0.123 e. The Hall–Kier alpha value is -1.06. The zero-order valence-corrected chi connectivity index (χ0v) is 12.3. The fourth-order valence-electron chi connectivity index (χ4n) is 1.83. The Morgan fingerprint density at radius 3 is 2.61 bits per heavy atom. The van der Waals surface area contributed by atoms with E-state index in [2.05, 4.69) is 56.4 Å². The van der Waals surface area contributed by atoms with Gasteiger partial charge < -0.3 is 15.0 Å². The first-order valence-electron chi connectivity index (χ1n) is 6.60. The zero-order valence-electron chi connectivity index (χ0n) is 12.3. The van der Waals surface area contributed by atoms with E-state index < -0.39 is 0 Å². The Labute approximate surface area is 111 Å². The number of benzene rings is 1. The van der Waals surface area contributed by atoms with Crippen LogP contribution in [0.1, 0.15) is 31.4 Å². The van der Waals surface area contributed by atoms with Crippen molar-refractivity contribution >= 4 is 0 Å². The van der Waals surface area contributed by atoms with Crippen molar-refractivity contribution < 1.29 is 4.74 Å². The molecule has 1 aromatic rings. The Morgan fingerprint density at radius 1 is 1.33 bits per heavy atom. The highest BCUT2D eigenvalue weighted by Crippen LogP contribution is 2.21. The first-order valence-corrected chi connectivity index (χ1v) is 6.60. The molecule has 0 radical (unpaired) electrons. The van der Waals surface area contributed by atoms with E-state index in [1.54, 1.807) is 7.11 Å². The largest absolute Gasteiger partial charge is 0.496 e. The van der Waals surface area contributed by atoms with E-state index in [9.17, 15) is 0 Å². The molecule has 0 aliphatic carbocycles. The molecule has 0 spiro atoms. The van der Waals surface area contributed by atoms with Crippen molar-refractivity contribution in [3.05, 3.63) is 29.3 Å². The third-order valence-electron chi connectivity index (χ3n) is 3.10. The number of rotatable bonds is 7. The quantitative estimate of drug-likeness (QED) is 0.805. The van der Waals surface area contributed by atoms with Crippen molar-refractivity contribution in [3.8, 4) is 5.75 Å². The van der Waals surface area contributed by atoms with Crippen LogP contribution < -0.4 is 10.1 Å². The summed E-state index contributed by atoms with van der Waals surface area (Å²) in [7, 11) is 5.89. The Bertz CT molecular complexity index is 364. The Kier molecular flexibility index (Phi) is 6.16.